The Balaban J connectivity index is 2.26. The zero-order valence-electron chi connectivity index (χ0n) is 11.1. The summed E-state index contributed by atoms with van der Waals surface area (Å²) >= 11 is 0. The Morgan fingerprint density at radius 1 is 1.35 bits per heavy atom. The largest absolute Gasteiger partial charge is 0.380 e. The van der Waals surface area contributed by atoms with E-state index in [0.717, 1.165) is 6.61 Å². The summed E-state index contributed by atoms with van der Waals surface area (Å²) in [6.45, 7) is 5.26. The van der Waals surface area contributed by atoms with Gasteiger partial charge in [-0.25, -0.2) is 0 Å². The van der Waals surface area contributed by atoms with Gasteiger partial charge >= 0.3 is 0 Å². The highest BCUT2D eigenvalue weighted by molar-refractivity contribution is 5.32. The van der Waals surface area contributed by atoms with Crippen LogP contribution in [0, 0.1) is 0 Å². The molecule has 1 saturated heterocycles. The van der Waals surface area contributed by atoms with Crippen LogP contribution in [0.4, 0.5) is 0 Å². The summed E-state index contributed by atoms with van der Waals surface area (Å²) in [7, 11) is 1.77. The van der Waals surface area contributed by atoms with Crippen LogP contribution in [0.3, 0.4) is 0 Å². The van der Waals surface area contributed by atoms with Gasteiger partial charge in [-0.15, -0.1) is 0 Å². The van der Waals surface area contributed by atoms with Crippen LogP contribution in [-0.2, 0) is 11.3 Å². The van der Waals surface area contributed by atoms with Crippen molar-refractivity contribution in [3.05, 3.63) is 35.4 Å². The lowest BCUT2D eigenvalue weighted by Crippen LogP contribution is -2.28. The van der Waals surface area contributed by atoms with Crippen LogP contribution in [-0.4, -0.2) is 19.2 Å². The molecule has 3 unspecified atom stereocenters. The van der Waals surface area contributed by atoms with Gasteiger partial charge in [0.05, 0.1) is 6.61 Å². The van der Waals surface area contributed by atoms with Gasteiger partial charge in [-0.1, -0.05) is 31.2 Å². The van der Waals surface area contributed by atoms with Crippen molar-refractivity contribution in [3.8, 4) is 0 Å². The minimum Gasteiger partial charge on any atom is -0.380 e. The van der Waals surface area contributed by atoms with Gasteiger partial charge in [0.2, 0.25) is 0 Å². The van der Waals surface area contributed by atoms with E-state index in [0.29, 0.717) is 18.0 Å². The van der Waals surface area contributed by atoms with Crippen molar-refractivity contribution in [3.63, 3.8) is 0 Å². The highest BCUT2D eigenvalue weighted by atomic mass is 16.5. The summed E-state index contributed by atoms with van der Waals surface area (Å²) < 4.78 is 5.30. The van der Waals surface area contributed by atoms with Crippen molar-refractivity contribution < 1.29 is 4.74 Å². The van der Waals surface area contributed by atoms with Gasteiger partial charge in [0.1, 0.15) is 0 Å². The lowest BCUT2D eigenvalue weighted by atomic mass is 9.87. The molecule has 3 atom stereocenters. The Hall–Kier alpha value is -0.860. The van der Waals surface area contributed by atoms with Crippen LogP contribution >= 0.6 is 0 Å². The predicted octanol–water partition coefficient (Wildman–Crippen LogP) is 3.08. The van der Waals surface area contributed by atoms with Crippen molar-refractivity contribution in [1.29, 1.82) is 0 Å². The Morgan fingerprint density at radius 3 is 2.82 bits per heavy atom. The first-order valence-corrected chi connectivity index (χ1v) is 6.59. The van der Waals surface area contributed by atoms with Crippen molar-refractivity contribution in [2.75, 3.05) is 7.11 Å². The molecule has 1 aromatic carbocycles. The van der Waals surface area contributed by atoms with E-state index in [1.807, 2.05) is 0 Å². The number of methoxy groups -OCH3 is 1. The van der Waals surface area contributed by atoms with Gasteiger partial charge in [-0.05, 0) is 30.9 Å². The van der Waals surface area contributed by atoms with Gasteiger partial charge in [-0.2, -0.15) is 0 Å². The van der Waals surface area contributed by atoms with Crippen molar-refractivity contribution in [1.82, 2.24) is 5.32 Å². The fraction of sp³-hybridized carbons (Fsp3) is 0.600. The topological polar surface area (TPSA) is 21.3 Å². The van der Waals surface area contributed by atoms with Gasteiger partial charge in [0.25, 0.3) is 0 Å². The molecule has 0 aliphatic carbocycles. The highest BCUT2D eigenvalue weighted by Crippen LogP contribution is 2.34. The third-order valence-electron chi connectivity index (χ3n) is 3.79. The van der Waals surface area contributed by atoms with Crippen LogP contribution in [0.5, 0.6) is 0 Å². The second-order valence-electron chi connectivity index (χ2n) is 5.06. The Labute approximate surface area is 104 Å². The number of benzene rings is 1. The minimum atomic E-state index is 0.614. The molecule has 1 N–H and O–H groups in total. The Bertz CT molecular complexity index is 364. The fourth-order valence-electron chi connectivity index (χ4n) is 3.02. The minimum absolute atomic E-state index is 0.614. The van der Waals surface area contributed by atoms with Crippen LogP contribution in [0.1, 0.15) is 43.7 Å². The van der Waals surface area contributed by atoms with Gasteiger partial charge in [0.15, 0.2) is 0 Å². The van der Waals surface area contributed by atoms with Crippen LogP contribution in [0.2, 0.25) is 0 Å². The zero-order chi connectivity index (χ0) is 12.3. The van der Waals surface area contributed by atoms with E-state index in [9.17, 15) is 0 Å². The number of rotatable bonds is 4. The van der Waals surface area contributed by atoms with E-state index in [1.165, 1.54) is 24.0 Å². The van der Waals surface area contributed by atoms with E-state index in [4.69, 9.17) is 4.74 Å². The lowest BCUT2D eigenvalue weighted by molar-refractivity contribution is 0.183. The molecule has 2 rings (SSSR count). The molecule has 17 heavy (non-hydrogen) atoms. The predicted molar refractivity (Wildman–Crippen MR) is 71.2 cm³/mol. The number of hydrogen-bond donors (Lipinski definition) is 1. The average Bonchev–Trinajstić information content (AvgIpc) is 2.71. The number of ether oxygens (including phenoxy) is 1. The van der Waals surface area contributed by atoms with E-state index < -0.39 is 0 Å². The van der Waals surface area contributed by atoms with Gasteiger partial charge in [-0.3, -0.25) is 0 Å². The fourth-order valence-corrected chi connectivity index (χ4v) is 3.02. The molecule has 2 nitrogen and oxygen atoms in total. The first-order chi connectivity index (χ1) is 8.26. The first-order valence-electron chi connectivity index (χ1n) is 6.59. The van der Waals surface area contributed by atoms with Crippen LogP contribution < -0.4 is 5.32 Å². The van der Waals surface area contributed by atoms with Crippen LogP contribution in [0.15, 0.2) is 24.3 Å². The van der Waals surface area contributed by atoms with Crippen LogP contribution in [0.25, 0.3) is 0 Å². The molecular weight excluding hydrogens is 210 g/mol. The van der Waals surface area contributed by atoms with E-state index >= 15 is 0 Å². The second-order valence-corrected chi connectivity index (χ2v) is 5.06. The normalized spacial score (nSPS) is 28.5. The van der Waals surface area contributed by atoms with Gasteiger partial charge < -0.3 is 10.1 Å². The Kier molecular flexibility index (Phi) is 4.19. The summed E-state index contributed by atoms with van der Waals surface area (Å²) in [6.07, 6.45) is 2.43. The van der Waals surface area contributed by atoms with Crippen molar-refractivity contribution in [2.45, 2.75) is 51.3 Å². The summed E-state index contributed by atoms with van der Waals surface area (Å²) in [5.41, 5.74) is 2.81. The molecule has 1 fully saturated rings. The maximum Gasteiger partial charge on any atom is 0.0715 e. The SMILES string of the molecule is CCC1NC(C)CC1c1ccccc1COC. The summed E-state index contributed by atoms with van der Waals surface area (Å²) in [5, 5.41) is 3.68. The molecule has 94 valence electrons. The molecule has 0 amide bonds. The quantitative estimate of drug-likeness (QED) is 0.863. The monoisotopic (exact) mass is 233 g/mol. The molecule has 1 aliphatic heterocycles. The van der Waals surface area contributed by atoms with Crippen molar-refractivity contribution >= 4 is 0 Å². The number of nitrogens with one attached hydrogen (secondary N) is 1. The maximum atomic E-state index is 5.30. The zero-order valence-corrected chi connectivity index (χ0v) is 11.1. The highest BCUT2D eigenvalue weighted by Gasteiger charge is 2.32. The third-order valence-corrected chi connectivity index (χ3v) is 3.79. The smallest absolute Gasteiger partial charge is 0.0715 e. The molecular formula is C15H23NO. The first kappa shape index (κ1) is 12.6. The molecule has 0 saturated carbocycles. The van der Waals surface area contributed by atoms with E-state index in [1.54, 1.807) is 7.11 Å². The Morgan fingerprint density at radius 2 is 2.12 bits per heavy atom. The van der Waals surface area contributed by atoms with E-state index in [2.05, 4.69) is 43.4 Å². The lowest BCUT2D eigenvalue weighted by Gasteiger charge is -2.21. The molecule has 1 heterocycles. The molecule has 0 radical (unpaired) electrons. The molecule has 0 spiro atoms. The molecule has 1 aromatic rings. The summed E-state index contributed by atoms with van der Waals surface area (Å²) in [5.74, 6) is 0.640. The summed E-state index contributed by atoms with van der Waals surface area (Å²) in [4.78, 5) is 0. The van der Waals surface area contributed by atoms with E-state index in [-0.39, 0.29) is 0 Å². The van der Waals surface area contributed by atoms with Gasteiger partial charge in [0, 0.05) is 25.1 Å². The molecule has 1 aliphatic rings. The number of hydrogen-bond acceptors (Lipinski definition) is 2. The molecule has 0 aromatic heterocycles. The standard InChI is InChI=1S/C15H23NO/c1-4-15-14(9-11(2)16-15)13-8-6-5-7-12(13)10-17-3/h5-8,11,14-16H,4,9-10H2,1-3H3. The maximum absolute atomic E-state index is 5.30. The molecule has 2 heteroatoms. The second kappa shape index (κ2) is 5.65. The van der Waals surface area contributed by atoms with Crippen molar-refractivity contribution in [2.24, 2.45) is 0 Å². The summed E-state index contributed by atoms with van der Waals surface area (Å²) in [6, 6.07) is 9.94. The molecule has 0 bridgehead atoms. The average molecular weight is 233 g/mol. The third kappa shape index (κ3) is 2.70.